The van der Waals surface area contributed by atoms with Crippen LogP contribution in [-0.2, 0) is 4.79 Å². The number of hydrogen-bond donors (Lipinski definition) is 1. The Morgan fingerprint density at radius 2 is 2.00 bits per heavy atom. The van der Waals surface area contributed by atoms with Crippen molar-refractivity contribution in [3.05, 3.63) is 71.9 Å². The normalized spacial score (nSPS) is 10.9. The number of rotatable bonds is 5. The monoisotopic (exact) mass is 413 g/mol. The molecule has 0 aliphatic heterocycles. The standard InChI is InChI=1S/C19H13ClFN5OS/c20-15-8-12(21)6-7-16(15)25-17(27)10-28-19-14-9-24-26(18(14)22-11-23-19)13-4-2-1-3-5-13/h1-9,11H,10H2,(H,25,27). The van der Waals surface area contributed by atoms with E-state index in [1.807, 2.05) is 30.3 Å². The van der Waals surface area contributed by atoms with Gasteiger partial charge in [0.2, 0.25) is 5.91 Å². The number of carbonyl (C=O) groups excluding carboxylic acids is 1. The molecular formula is C19H13ClFN5OS. The van der Waals surface area contributed by atoms with Crippen molar-refractivity contribution in [2.75, 3.05) is 11.1 Å². The first-order chi connectivity index (χ1) is 13.6. The minimum absolute atomic E-state index is 0.107. The van der Waals surface area contributed by atoms with E-state index in [1.165, 1.54) is 30.2 Å². The first-order valence-corrected chi connectivity index (χ1v) is 9.60. The third-order valence-electron chi connectivity index (χ3n) is 3.88. The molecule has 0 bridgehead atoms. The molecule has 1 amide bonds. The Morgan fingerprint density at radius 1 is 1.18 bits per heavy atom. The molecule has 0 saturated carbocycles. The van der Waals surface area contributed by atoms with Crippen LogP contribution in [0.3, 0.4) is 0 Å². The molecule has 2 aromatic heterocycles. The van der Waals surface area contributed by atoms with Crippen molar-refractivity contribution in [2.45, 2.75) is 5.03 Å². The zero-order valence-corrected chi connectivity index (χ0v) is 15.9. The van der Waals surface area contributed by atoms with Gasteiger partial charge in [0.25, 0.3) is 0 Å². The molecule has 0 aliphatic carbocycles. The zero-order valence-electron chi connectivity index (χ0n) is 14.3. The van der Waals surface area contributed by atoms with Crippen LogP contribution in [0.1, 0.15) is 0 Å². The summed E-state index contributed by atoms with van der Waals surface area (Å²) in [5, 5.41) is 8.60. The van der Waals surface area contributed by atoms with E-state index in [0.717, 1.165) is 17.1 Å². The molecular weight excluding hydrogens is 401 g/mol. The van der Waals surface area contributed by atoms with Gasteiger partial charge < -0.3 is 5.32 Å². The number of anilines is 1. The number of aromatic nitrogens is 4. The first-order valence-electron chi connectivity index (χ1n) is 8.23. The molecule has 6 nitrogen and oxygen atoms in total. The average Bonchev–Trinajstić information content (AvgIpc) is 3.14. The van der Waals surface area contributed by atoms with Gasteiger partial charge >= 0.3 is 0 Å². The van der Waals surface area contributed by atoms with Crippen LogP contribution >= 0.6 is 23.4 Å². The summed E-state index contributed by atoms with van der Waals surface area (Å²) < 4.78 is 14.8. The van der Waals surface area contributed by atoms with Crippen molar-refractivity contribution in [2.24, 2.45) is 0 Å². The summed E-state index contributed by atoms with van der Waals surface area (Å²) in [5.41, 5.74) is 1.90. The number of para-hydroxylation sites is 1. The van der Waals surface area contributed by atoms with Gasteiger partial charge in [-0.3, -0.25) is 4.79 Å². The molecule has 0 aliphatic rings. The van der Waals surface area contributed by atoms with Crippen LogP contribution in [0.25, 0.3) is 16.7 Å². The van der Waals surface area contributed by atoms with Gasteiger partial charge in [-0.05, 0) is 30.3 Å². The van der Waals surface area contributed by atoms with E-state index in [2.05, 4.69) is 20.4 Å². The number of halogens is 2. The van der Waals surface area contributed by atoms with Crippen LogP contribution in [0.15, 0.2) is 66.1 Å². The summed E-state index contributed by atoms with van der Waals surface area (Å²) in [7, 11) is 0. The van der Waals surface area contributed by atoms with Gasteiger partial charge in [-0.15, -0.1) is 0 Å². The van der Waals surface area contributed by atoms with E-state index in [0.29, 0.717) is 16.4 Å². The number of hydrogen-bond acceptors (Lipinski definition) is 5. The fourth-order valence-electron chi connectivity index (χ4n) is 2.61. The molecule has 0 fully saturated rings. The van der Waals surface area contributed by atoms with Crippen LogP contribution in [0.4, 0.5) is 10.1 Å². The lowest BCUT2D eigenvalue weighted by Gasteiger charge is -2.07. The summed E-state index contributed by atoms with van der Waals surface area (Å²) in [6, 6.07) is 13.4. The summed E-state index contributed by atoms with van der Waals surface area (Å²) in [5.74, 6) is -0.632. The topological polar surface area (TPSA) is 72.7 Å². The largest absolute Gasteiger partial charge is 0.324 e. The SMILES string of the molecule is O=C(CSc1ncnc2c1cnn2-c1ccccc1)Nc1ccc(F)cc1Cl. The molecule has 0 atom stereocenters. The molecule has 4 rings (SSSR count). The van der Waals surface area contributed by atoms with Crippen LogP contribution < -0.4 is 5.32 Å². The molecule has 140 valence electrons. The van der Waals surface area contributed by atoms with Crippen LogP contribution in [0.2, 0.25) is 5.02 Å². The van der Waals surface area contributed by atoms with E-state index in [1.54, 1.807) is 10.9 Å². The third-order valence-corrected chi connectivity index (χ3v) is 5.19. The van der Waals surface area contributed by atoms with Gasteiger partial charge in [-0.25, -0.2) is 19.0 Å². The Kier molecular flexibility index (Phi) is 5.23. The second-order valence-corrected chi connectivity index (χ2v) is 7.14. The predicted molar refractivity (Wildman–Crippen MR) is 107 cm³/mol. The predicted octanol–water partition coefficient (Wildman–Crippen LogP) is 4.34. The van der Waals surface area contributed by atoms with Crippen molar-refractivity contribution in [3.63, 3.8) is 0 Å². The Labute approximate surface area is 168 Å². The van der Waals surface area contributed by atoms with Crippen molar-refractivity contribution >= 4 is 46.0 Å². The Hall–Kier alpha value is -2.97. The van der Waals surface area contributed by atoms with Crippen molar-refractivity contribution in [1.82, 2.24) is 19.7 Å². The molecule has 4 aromatic rings. The number of thioether (sulfide) groups is 1. The third kappa shape index (κ3) is 3.83. The van der Waals surface area contributed by atoms with Gasteiger partial charge in [0, 0.05) is 0 Å². The Balaban J connectivity index is 1.51. The lowest BCUT2D eigenvalue weighted by Crippen LogP contribution is -2.14. The van der Waals surface area contributed by atoms with Gasteiger partial charge in [0.05, 0.1) is 33.7 Å². The molecule has 0 spiro atoms. The van der Waals surface area contributed by atoms with Crippen molar-refractivity contribution < 1.29 is 9.18 Å². The van der Waals surface area contributed by atoms with Crippen molar-refractivity contribution in [3.8, 4) is 5.69 Å². The van der Waals surface area contributed by atoms with Crippen molar-refractivity contribution in [1.29, 1.82) is 0 Å². The Bertz CT molecular complexity index is 1150. The van der Waals surface area contributed by atoms with Crippen LogP contribution in [0, 0.1) is 5.82 Å². The number of amides is 1. The number of nitrogens with zero attached hydrogens (tertiary/aromatic N) is 4. The average molecular weight is 414 g/mol. The van der Waals surface area contributed by atoms with Crippen LogP contribution in [0.5, 0.6) is 0 Å². The number of benzene rings is 2. The maximum Gasteiger partial charge on any atom is 0.234 e. The lowest BCUT2D eigenvalue weighted by molar-refractivity contribution is -0.113. The molecule has 0 unspecified atom stereocenters. The zero-order chi connectivity index (χ0) is 19.5. The van der Waals surface area contributed by atoms with Gasteiger partial charge in [-0.1, -0.05) is 41.6 Å². The maximum atomic E-state index is 13.1. The van der Waals surface area contributed by atoms with E-state index in [4.69, 9.17) is 11.6 Å². The minimum atomic E-state index is -0.462. The smallest absolute Gasteiger partial charge is 0.234 e. The van der Waals surface area contributed by atoms with Crippen LogP contribution in [-0.4, -0.2) is 31.4 Å². The molecule has 9 heteroatoms. The first kappa shape index (κ1) is 18.4. The second kappa shape index (κ2) is 7.95. The number of nitrogens with one attached hydrogen (secondary N) is 1. The lowest BCUT2D eigenvalue weighted by atomic mass is 10.3. The molecule has 2 heterocycles. The van der Waals surface area contributed by atoms with E-state index in [9.17, 15) is 9.18 Å². The maximum absolute atomic E-state index is 13.1. The fourth-order valence-corrected chi connectivity index (χ4v) is 3.58. The second-order valence-electron chi connectivity index (χ2n) is 5.77. The van der Waals surface area contributed by atoms with E-state index >= 15 is 0 Å². The molecule has 1 N–H and O–H groups in total. The van der Waals surface area contributed by atoms with E-state index < -0.39 is 5.82 Å². The van der Waals surface area contributed by atoms with Gasteiger partial charge in [0.15, 0.2) is 5.65 Å². The molecule has 0 radical (unpaired) electrons. The van der Waals surface area contributed by atoms with Gasteiger partial charge in [-0.2, -0.15) is 5.10 Å². The number of fused-ring (bicyclic) bond motifs is 1. The minimum Gasteiger partial charge on any atom is -0.324 e. The summed E-state index contributed by atoms with van der Waals surface area (Å²) in [4.78, 5) is 20.8. The molecule has 28 heavy (non-hydrogen) atoms. The highest BCUT2D eigenvalue weighted by Crippen LogP contribution is 2.27. The summed E-state index contributed by atoms with van der Waals surface area (Å²) in [6.45, 7) is 0. The fraction of sp³-hybridized carbons (Fsp3) is 0.0526. The quantitative estimate of drug-likeness (QED) is 0.389. The highest BCUT2D eigenvalue weighted by Gasteiger charge is 2.13. The summed E-state index contributed by atoms with van der Waals surface area (Å²) in [6.07, 6.45) is 3.12. The number of carbonyl (C=O) groups is 1. The Morgan fingerprint density at radius 3 is 2.79 bits per heavy atom. The highest BCUT2D eigenvalue weighted by molar-refractivity contribution is 8.00. The van der Waals surface area contributed by atoms with Gasteiger partial charge in [0.1, 0.15) is 17.2 Å². The molecule has 2 aromatic carbocycles. The summed E-state index contributed by atoms with van der Waals surface area (Å²) >= 11 is 7.20. The van der Waals surface area contributed by atoms with E-state index in [-0.39, 0.29) is 16.7 Å². The molecule has 0 saturated heterocycles. The highest BCUT2D eigenvalue weighted by atomic mass is 35.5.